The first-order valence-electron chi connectivity index (χ1n) is 6.81. The lowest BCUT2D eigenvalue weighted by molar-refractivity contribution is -0.132. The molecule has 1 aromatic carbocycles. The third kappa shape index (κ3) is 3.56. The minimum Gasteiger partial charge on any atom is -0.349 e. The molecule has 1 heterocycles. The maximum atomic E-state index is 13.4. The summed E-state index contributed by atoms with van der Waals surface area (Å²) in [5, 5.41) is -0.397. The summed E-state index contributed by atoms with van der Waals surface area (Å²) in [4.78, 5) is 27.1. The van der Waals surface area contributed by atoms with Crippen LogP contribution in [-0.4, -0.2) is 47.5 Å². The number of rotatable bonds is 4. The lowest BCUT2D eigenvalue weighted by Gasteiger charge is -2.24. The first-order valence-corrected chi connectivity index (χ1v) is 7.76. The zero-order valence-corrected chi connectivity index (χ0v) is 13.2. The molecular formula is C15H19FN2O2S. The molecular weight excluding hydrogens is 291 g/mol. The van der Waals surface area contributed by atoms with Gasteiger partial charge in [0.15, 0.2) is 0 Å². The second kappa shape index (κ2) is 6.47. The predicted octanol–water partition coefficient (Wildman–Crippen LogP) is 2.27. The summed E-state index contributed by atoms with van der Waals surface area (Å²) in [5.41, 5.74) is 0.759. The summed E-state index contributed by atoms with van der Waals surface area (Å²) in [6.07, 6.45) is 0.276. The van der Waals surface area contributed by atoms with E-state index in [0.29, 0.717) is 6.54 Å². The Bertz CT molecular complexity index is 550. The molecule has 114 valence electrons. The van der Waals surface area contributed by atoms with Gasteiger partial charge in [-0.3, -0.25) is 9.59 Å². The van der Waals surface area contributed by atoms with Crippen LogP contribution in [0.1, 0.15) is 24.3 Å². The fraction of sp³-hybridized carbons (Fsp3) is 0.467. The van der Waals surface area contributed by atoms with E-state index in [1.165, 1.54) is 28.8 Å². The zero-order chi connectivity index (χ0) is 15.6. The van der Waals surface area contributed by atoms with E-state index in [4.69, 9.17) is 0 Å². The molecule has 2 amide bonds. The third-order valence-electron chi connectivity index (χ3n) is 3.45. The molecule has 0 unspecified atom stereocenters. The third-order valence-corrected chi connectivity index (χ3v) is 4.84. The number of nitrogens with zero attached hydrogens (tertiary/aromatic N) is 2. The van der Waals surface area contributed by atoms with E-state index in [1.807, 2.05) is 13.0 Å². The summed E-state index contributed by atoms with van der Waals surface area (Å²) >= 11 is 1.49. The summed E-state index contributed by atoms with van der Waals surface area (Å²) in [6.45, 7) is 2.20. The van der Waals surface area contributed by atoms with Gasteiger partial charge in [-0.05, 0) is 24.6 Å². The summed E-state index contributed by atoms with van der Waals surface area (Å²) < 4.78 is 13.4. The van der Waals surface area contributed by atoms with E-state index in [2.05, 4.69) is 0 Å². The summed E-state index contributed by atoms with van der Waals surface area (Å²) in [6, 6.07) is 6.28. The SMILES string of the molecule is C[C@H]1S[C@@H](c2cccc(F)c2)N(CCC(=O)N(C)C)C1=O. The summed E-state index contributed by atoms with van der Waals surface area (Å²) in [5.74, 6) is -0.337. The van der Waals surface area contributed by atoms with Crippen molar-refractivity contribution in [2.75, 3.05) is 20.6 Å². The summed E-state index contributed by atoms with van der Waals surface area (Å²) in [7, 11) is 3.38. The van der Waals surface area contributed by atoms with Crippen molar-refractivity contribution in [3.8, 4) is 0 Å². The monoisotopic (exact) mass is 310 g/mol. The zero-order valence-electron chi connectivity index (χ0n) is 12.4. The van der Waals surface area contributed by atoms with Gasteiger partial charge in [0.2, 0.25) is 11.8 Å². The highest BCUT2D eigenvalue weighted by atomic mass is 32.2. The van der Waals surface area contributed by atoms with Crippen LogP contribution in [0.5, 0.6) is 0 Å². The van der Waals surface area contributed by atoms with Gasteiger partial charge in [0, 0.05) is 27.1 Å². The van der Waals surface area contributed by atoms with E-state index >= 15 is 0 Å². The van der Waals surface area contributed by atoms with E-state index in [0.717, 1.165) is 5.56 Å². The number of halogens is 1. The predicted molar refractivity (Wildman–Crippen MR) is 81.2 cm³/mol. The van der Waals surface area contributed by atoms with Crippen LogP contribution in [0, 0.1) is 5.82 Å². The topological polar surface area (TPSA) is 40.6 Å². The molecule has 2 atom stereocenters. The molecule has 0 bridgehead atoms. The molecule has 21 heavy (non-hydrogen) atoms. The highest BCUT2D eigenvalue weighted by Gasteiger charge is 2.38. The molecule has 0 N–H and O–H groups in total. The second-order valence-electron chi connectivity index (χ2n) is 5.26. The normalized spacial score (nSPS) is 21.7. The second-order valence-corrected chi connectivity index (χ2v) is 6.68. The molecule has 0 aliphatic carbocycles. The Balaban J connectivity index is 2.15. The molecule has 1 aliphatic heterocycles. The molecule has 0 radical (unpaired) electrons. The minimum absolute atomic E-state index is 0.000757. The Morgan fingerprint density at radius 2 is 2.14 bits per heavy atom. The quantitative estimate of drug-likeness (QED) is 0.856. The molecule has 6 heteroatoms. The Labute approximate surface area is 128 Å². The number of benzene rings is 1. The Morgan fingerprint density at radius 3 is 2.76 bits per heavy atom. The molecule has 1 aliphatic rings. The van der Waals surface area contributed by atoms with Gasteiger partial charge < -0.3 is 9.80 Å². The largest absolute Gasteiger partial charge is 0.349 e. The Hall–Kier alpha value is -1.56. The molecule has 4 nitrogen and oxygen atoms in total. The van der Waals surface area contributed by atoms with Crippen molar-refractivity contribution in [2.24, 2.45) is 0 Å². The number of thioether (sulfide) groups is 1. The smallest absolute Gasteiger partial charge is 0.236 e. The molecule has 1 saturated heterocycles. The van der Waals surface area contributed by atoms with E-state index in [1.54, 1.807) is 25.1 Å². The van der Waals surface area contributed by atoms with Gasteiger partial charge in [-0.2, -0.15) is 0 Å². The van der Waals surface area contributed by atoms with Crippen molar-refractivity contribution < 1.29 is 14.0 Å². The van der Waals surface area contributed by atoms with Crippen molar-refractivity contribution in [1.29, 1.82) is 0 Å². The van der Waals surface area contributed by atoms with Crippen LogP contribution in [-0.2, 0) is 9.59 Å². The highest BCUT2D eigenvalue weighted by molar-refractivity contribution is 8.01. The van der Waals surface area contributed by atoms with Crippen LogP contribution in [0.4, 0.5) is 4.39 Å². The van der Waals surface area contributed by atoms with Crippen molar-refractivity contribution in [1.82, 2.24) is 9.80 Å². The first-order chi connectivity index (χ1) is 9.90. The fourth-order valence-electron chi connectivity index (χ4n) is 2.26. The van der Waals surface area contributed by atoms with Crippen LogP contribution in [0.15, 0.2) is 24.3 Å². The molecule has 2 rings (SSSR count). The number of hydrogen-bond acceptors (Lipinski definition) is 3. The van der Waals surface area contributed by atoms with Crippen molar-refractivity contribution in [2.45, 2.75) is 24.0 Å². The number of carbonyl (C=O) groups excluding carboxylic acids is 2. The Morgan fingerprint density at radius 1 is 1.43 bits per heavy atom. The molecule has 0 aromatic heterocycles. The number of carbonyl (C=O) groups is 2. The average molecular weight is 310 g/mol. The van der Waals surface area contributed by atoms with Gasteiger partial charge in [0.05, 0.1) is 5.25 Å². The Kier molecular flexibility index (Phi) is 4.88. The fourth-order valence-corrected chi connectivity index (χ4v) is 3.56. The number of hydrogen-bond donors (Lipinski definition) is 0. The standard InChI is InChI=1S/C15H19FN2O2S/c1-10-14(20)18(8-7-13(19)17(2)3)15(21-10)11-5-4-6-12(16)9-11/h4-6,9-10,15H,7-8H2,1-3H3/t10-,15+/m1/s1. The molecule has 0 spiro atoms. The van der Waals surface area contributed by atoms with Gasteiger partial charge in [-0.1, -0.05) is 12.1 Å². The van der Waals surface area contributed by atoms with E-state index in [9.17, 15) is 14.0 Å². The van der Waals surface area contributed by atoms with Gasteiger partial charge >= 0.3 is 0 Å². The van der Waals surface area contributed by atoms with Gasteiger partial charge in [-0.15, -0.1) is 11.8 Å². The van der Waals surface area contributed by atoms with Crippen LogP contribution >= 0.6 is 11.8 Å². The van der Waals surface area contributed by atoms with Gasteiger partial charge in [0.25, 0.3) is 0 Å². The lowest BCUT2D eigenvalue weighted by Crippen LogP contribution is -2.34. The highest BCUT2D eigenvalue weighted by Crippen LogP contribution is 2.42. The molecule has 0 saturated carbocycles. The van der Waals surface area contributed by atoms with E-state index < -0.39 is 0 Å². The van der Waals surface area contributed by atoms with Gasteiger partial charge in [0.1, 0.15) is 11.2 Å². The maximum absolute atomic E-state index is 13.4. The molecule has 1 aromatic rings. The van der Waals surface area contributed by atoms with Crippen LogP contribution in [0.25, 0.3) is 0 Å². The molecule has 1 fully saturated rings. The minimum atomic E-state index is -0.315. The van der Waals surface area contributed by atoms with Crippen LogP contribution in [0.3, 0.4) is 0 Å². The maximum Gasteiger partial charge on any atom is 0.236 e. The van der Waals surface area contributed by atoms with Gasteiger partial charge in [-0.25, -0.2) is 4.39 Å². The van der Waals surface area contributed by atoms with Crippen LogP contribution in [0.2, 0.25) is 0 Å². The average Bonchev–Trinajstić information content (AvgIpc) is 2.72. The van der Waals surface area contributed by atoms with Crippen molar-refractivity contribution in [3.63, 3.8) is 0 Å². The van der Waals surface area contributed by atoms with Crippen LogP contribution < -0.4 is 0 Å². The van der Waals surface area contributed by atoms with Crippen molar-refractivity contribution in [3.05, 3.63) is 35.6 Å². The first kappa shape index (κ1) is 15.8. The van der Waals surface area contributed by atoms with Crippen molar-refractivity contribution >= 4 is 23.6 Å². The van der Waals surface area contributed by atoms with E-state index in [-0.39, 0.29) is 34.7 Å². The number of amides is 2. The lowest BCUT2D eigenvalue weighted by atomic mass is 10.2.